The molecule has 27 heavy (non-hydrogen) atoms. The van der Waals surface area contributed by atoms with Gasteiger partial charge in [0.15, 0.2) is 0 Å². The lowest BCUT2D eigenvalue weighted by atomic mass is 10.1. The summed E-state index contributed by atoms with van der Waals surface area (Å²) in [5.74, 6) is 7.10. The van der Waals surface area contributed by atoms with E-state index in [2.05, 4.69) is 29.3 Å². The lowest BCUT2D eigenvalue weighted by Crippen LogP contribution is -2.34. The van der Waals surface area contributed by atoms with Crippen LogP contribution in [0.15, 0.2) is 54.6 Å². The number of nitrogens with one attached hydrogen (secondary N) is 1. The maximum absolute atomic E-state index is 11.6. The molecule has 4 heteroatoms. The molecule has 0 saturated heterocycles. The summed E-state index contributed by atoms with van der Waals surface area (Å²) in [7, 11) is 0. The smallest absolute Gasteiger partial charge is 0.407 e. The number of hydrogen-bond donors (Lipinski definition) is 1. The predicted molar refractivity (Wildman–Crippen MR) is 108 cm³/mol. The van der Waals surface area contributed by atoms with Crippen LogP contribution in [0, 0.1) is 11.8 Å². The van der Waals surface area contributed by atoms with Gasteiger partial charge in [0.2, 0.25) is 0 Å². The Hall–Kier alpha value is -2.93. The molecule has 0 aliphatic rings. The van der Waals surface area contributed by atoms with Crippen LogP contribution in [0.1, 0.15) is 38.3 Å². The summed E-state index contributed by atoms with van der Waals surface area (Å²) in [6.45, 7) is 6.23. The van der Waals surface area contributed by atoms with Crippen molar-refractivity contribution in [2.24, 2.45) is 0 Å². The SMILES string of the molecule is CC(C)(C)OC(=O)NCCOc1cccc(C#CCCc2ccccc2)c1. The number of carbonyl (C=O) groups excluding carboxylic acids is 1. The van der Waals surface area contributed by atoms with E-state index in [1.165, 1.54) is 5.56 Å². The molecule has 2 rings (SSSR count). The standard InChI is InChI=1S/C23H27NO3/c1-23(2,3)27-22(25)24-16-17-26-21-15-9-14-20(18-21)13-8-7-12-19-10-5-4-6-11-19/h4-6,9-11,14-15,18H,7,12,16-17H2,1-3H3,(H,24,25). The second kappa shape index (κ2) is 10.3. The van der Waals surface area contributed by atoms with Gasteiger partial charge < -0.3 is 14.8 Å². The van der Waals surface area contributed by atoms with E-state index in [1.54, 1.807) is 0 Å². The van der Waals surface area contributed by atoms with Crippen LogP contribution in [0.3, 0.4) is 0 Å². The van der Waals surface area contributed by atoms with E-state index in [0.29, 0.717) is 13.2 Å². The van der Waals surface area contributed by atoms with Gasteiger partial charge in [-0.3, -0.25) is 0 Å². The number of alkyl carbamates (subject to hydrolysis) is 1. The van der Waals surface area contributed by atoms with Crippen LogP contribution < -0.4 is 10.1 Å². The molecule has 1 amide bonds. The van der Waals surface area contributed by atoms with Crippen molar-refractivity contribution in [3.63, 3.8) is 0 Å². The van der Waals surface area contributed by atoms with Gasteiger partial charge in [0.05, 0.1) is 6.54 Å². The van der Waals surface area contributed by atoms with Crippen LogP contribution in [0.4, 0.5) is 4.79 Å². The fourth-order valence-electron chi connectivity index (χ4n) is 2.32. The van der Waals surface area contributed by atoms with Crippen LogP contribution in [-0.2, 0) is 11.2 Å². The molecule has 0 aromatic heterocycles. The zero-order valence-electron chi connectivity index (χ0n) is 16.2. The third-order valence-electron chi connectivity index (χ3n) is 3.49. The fourth-order valence-corrected chi connectivity index (χ4v) is 2.32. The molecule has 1 N–H and O–H groups in total. The molecule has 0 aliphatic carbocycles. The molecular formula is C23H27NO3. The highest BCUT2D eigenvalue weighted by Gasteiger charge is 2.15. The predicted octanol–water partition coefficient (Wildman–Crippen LogP) is 4.57. The minimum atomic E-state index is -0.502. The molecule has 2 aromatic rings. The maximum Gasteiger partial charge on any atom is 0.407 e. The average Bonchev–Trinajstić information content (AvgIpc) is 2.62. The Bertz CT molecular complexity index is 783. The van der Waals surface area contributed by atoms with E-state index in [1.807, 2.05) is 63.2 Å². The van der Waals surface area contributed by atoms with Crippen LogP contribution in [0.5, 0.6) is 5.75 Å². The van der Waals surface area contributed by atoms with Crippen molar-refractivity contribution in [3.05, 3.63) is 65.7 Å². The summed E-state index contributed by atoms with van der Waals surface area (Å²) < 4.78 is 10.8. The molecule has 4 nitrogen and oxygen atoms in total. The van der Waals surface area contributed by atoms with Crippen LogP contribution in [0.25, 0.3) is 0 Å². The lowest BCUT2D eigenvalue weighted by Gasteiger charge is -2.19. The van der Waals surface area contributed by atoms with Crippen LogP contribution in [-0.4, -0.2) is 24.8 Å². The number of aryl methyl sites for hydroxylation is 1. The second-order valence-electron chi connectivity index (χ2n) is 7.09. The highest BCUT2D eigenvalue weighted by Crippen LogP contribution is 2.12. The van der Waals surface area contributed by atoms with Crippen molar-refractivity contribution in [1.82, 2.24) is 5.32 Å². The molecule has 0 radical (unpaired) electrons. The van der Waals surface area contributed by atoms with Gasteiger partial charge in [-0.2, -0.15) is 0 Å². The minimum absolute atomic E-state index is 0.365. The molecule has 0 unspecified atom stereocenters. The van der Waals surface area contributed by atoms with E-state index < -0.39 is 11.7 Å². The normalized spacial score (nSPS) is 10.5. The lowest BCUT2D eigenvalue weighted by molar-refractivity contribution is 0.0520. The first kappa shape index (κ1) is 20.4. The van der Waals surface area contributed by atoms with Gasteiger partial charge >= 0.3 is 6.09 Å². The number of hydrogen-bond acceptors (Lipinski definition) is 3. The summed E-state index contributed by atoms with van der Waals surface area (Å²) in [5.41, 5.74) is 1.71. The molecule has 142 valence electrons. The van der Waals surface area contributed by atoms with Gasteiger partial charge in [0, 0.05) is 12.0 Å². The number of ether oxygens (including phenoxy) is 2. The molecule has 0 aliphatic heterocycles. The second-order valence-corrected chi connectivity index (χ2v) is 7.09. The first-order valence-corrected chi connectivity index (χ1v) is 9.15. The van der Waals surface area contributed by atoms with E-state index in [9.17, 15) is 4.79 Å². The van der Waals surface area contributed by atoms with E-state index in [4.69, 9.17) is 9.47 Å². The van der Waals surface area contributed by atoms with Crippen molar-refractivity contribution >= 4 is 6.09 Å². The van der Waals surface area contributed by atoms with Crippen molar-refractivity contribution < 1.29 is 14.3 Å². The van der Waals surface area contributed by atoms with Crippen molar-refractivity contribution in [2.75, 3.05) is 13.2 Å². The summed E-state index contributed by atoms with van der Waals surface area (Å²) in [4.78, 5) is 11.6. The van der Waals surface area contributed by atoms with Crippen molar-refractivity contribution in [2.45, 2.75) is 39.2 Å². The summed E-state index contributed by atoms with van der Waals surface area (Å²) in [6, 6.07) is 18.0. The molecule has 0 bridgehead atoms. The van der Waals surface area contributed by atoms with Crippen molar-refractivity contribution in [1.29, 1.82) is 0 Å². The minimum Gasteiger partial charge on any atom is -0.492 e. The number of amides is 1. The van der Waals surface area contributed by atoms with Gasteiger partial charge in [-0.25, -0.2) is 4.79 Å². The zero-order valence-corrected chi connectivity index (χ0v) is 16.2. The average molecular weight is 365 g/mol. The Morgan fingerprint density at radius 3 is 2.59 bits per heavy atom. The first-order chi connectivity index (χ1) is 12.9. The Morgan fingerprint density at radius 2 is 1.85 bits per heavy atom. The molecule has 0 saturated carbocycles. The Balaban J connectivity index is 1.73. The van der Waals surface area contributed by atoms with Gasteiger partial charge in [-0.05, 0) is 51.0 Å². The topological polar surface area (TPSA) is 47.6 Å². The van der Waals surface area contributed by atoms with Gasteiger partial charge in [-0.1, -0.05) is 48.2 Å². The molecule has 2 aromatic carbocycles. The van der Waals surface area contributed by atoms with E-state index >= 15 is 0 Å². The highest BCUT2D eigenvalue weighted by molar-refractivity contribution is 5.67. The van der Waals surface area contributed by atoms with Gasteiger partial charge in [0.25, 0.3) is 0 Å². The van der Waals surface area contributed by atoms with E-state index in [-0.39, 0.29) is 0 Å². The fraction of sp³-hybridized carbons (Fsp3) is 0.348. The largest absolute Gasteiger partial charge is 0.492 e. The molecule has 0 heterocycles. The Morgan fingerprint density at radius 1 is 1.07 bits per heavy atom. The van der Waals surface area contributed by atoms with Crippen LogP contribution in [0.2, 0.25) is 0 Å². The first-order valence-electron chi connectivity index (χ1n) is 9.15. The summed E-state index contributed by atoms with van der Waals surface area (Å²) >= 11 is 0. The molecular weight excluding hydrogens is 338 g/mol. The van der Waals surface area contributed by atoms with Gasteiger partial charge in [0.1, 0.15) is 18.0 Å². The third kappa shape index (κ3) is 8.82. The molecule has 0 spiro atoms. The Kier molecular flexibility index (Phi) is 7.76. The quantitative estimate of drug-likeness (QED) is 0.602. The number of carbonyl (C=O) groups is 1. The Labute approximate surface area is 161 Å². The van der Waals surface area contributed by atoms with Gasteiger partial charge in [-0.15, -0.1) is 0 Å². The number of rotatable bonds is 6. The molecule has 0 fully saturated rings. The highest BCUT2D eigenvalue weighted by atomic mass is 16.6. The summed E-state index contributed by atoms with van der Waals surface area (Å²) in [6.07, 6.45) is 1.32. The summed E-state index contributed by atoms with van der Waals surface area (Å²) in [5, 5.41) is 2.67. The monoisotopic (exact) mass is 365 g/mol. The zero-order chi connectivity index (χ0) is 19.5. The van der Waals surface area contributed by atoms with Crippen molar-refractivity contribution in [3.8, 4) is 17.6 Å². The van der Waals surface area contributed by atoms with E-state index in [0.717, 1.165) is 24.2 Å². The molecule has 0 atom stereocenters. The maximum atomic E-state index is 11.6. The van der Waals surface area contributed by atoms with Crippen LogP contribution >= 0.6 is 0 Å². The third-order valence-corrected chi connectivity index (χ3v) is 3.49. The number of benzene rings is 2.